The van der Waals surface area contributed by atoms with Gasteiger partial charge in [-0.2, -0.15) is 0 Å². The van der Waals surface area contributed by atoms with Crippen LogP contribution in [-0.4, -0.2) is 96.7 Å². The van der Waals surface area contributed by atoms with Crippen LogP contribution in [0.5, 0.6) is 0 Å². The molecule has 19 heteroatoms. The fourth-order valence-corrected chi connectivity index (χ4v) is 11.8. The van der Waals surface area contributed by atoms with Gasteiger partial charge in [0, 0.05) is 25.7 Å². The average molecular weight is 1280 g/mol. The minimum atomic E-state index is -4.95. The van der Waals surface area contributed by atoms with Crippen molar-refractivity contribution in [2.75, 3.05) is 39.6 Å². The average Bonchev–Trinajstić information content (AvgIpc) is 3.63. The highest BCUT2D eigenvalue weighted by atomic mass is 31.2. The zero-order chi connectivity index (χ0) is 64.3. The zero-order valence-corrected chi connectivity index (χ0v) is 58.1. The third-order valence-electron chi connectivity index (χ3n) is 16.1. The second kappa shape index (κ2) is 60.3. The third-order valence-corrected chi connectivity index (χ3v) is 18.0. The first-order chi connectivity index (χ1) is 41.9. The van der Waals surface area contributed by atoms with Gasteiger partial charge < -0.3 is 33.8 Å². The second-order valence-corrected chi connectivity index (χ2v) is 28.2. The van der Waals surface area contributed by atoms with Gasteiger partial charge >= 0.3 is 39.5 Å². The standard InChI is InChI=1S/C68H132O17P2/c1-7-10-12-14-16-18-25-32-38-44-50-65(70)78-56-63(84-67(72)52-46-40-34-26-19-17-15-13-11-8-2)58-82-86(74,75)80-54-62(69)55-81-87(76,77)83-59-64(57-79-66(71)51-45-39-33-29-28-31-37-43-49-61(6)9-3)85-68(73)53-47-41-35-27-23-21-20-22-24-30-36-42-48-60(4)5/h60-64,69H,7-59H2,1-6H3,(H,74,75)(H,76,77)/t61?,62-,63+,64+/m0/s1. The van der Waals surface area contributed by atoms with Gasteiger partial charge in [0.15, 0.2) is 12.2 Å². The highest BCUT2D eigenvalue weighted by Gasteiger charge is 2.30. The summed E-state index contributed by atoms with van der Waals surface area (Å²) in [5.41, 5.74) is 0. The van der Waals surface area contributed by atoms with Crippen molar-refractivity contribution in [2.45, 2.75) is 362 Å². The molecule has 0 amide bonds. The minimum Gasteiger partial charge on any atom is -0.462 e. The van der Waals surface area contributed by atoms with Gasteiger partial charge in [-0.3, -0.25) is 37.3 Å². The molecule has 0 aliphatic carbocycles. The first kappa shape index (κ1) is 85.1. The molecule has 0 saturated heterocycles. The molecule has 0 saturated carbocycles. The predicted octanol–water partition coefficient (Wildman–Crippen LogP) is 19.2. The lowest BCUT2D eigenvalue weighted by atomic mass is 9.99. The molecule has 87 heavy (non-hydrogen) atoms. The van der Waals surface area contributed by atoms with Gasteiger partial charge in [-0.05, 0) is 37.5 Å². The summed E-state index contributed by atoms with van der Waals surface area (Å²) in [5, 5.41) is 10.6. The summed E-state index contributed by atoms with van der Waals surface area (Å²) < 4.78 is 68.2. The topological polar surface area (TPSA) is 237 Å². The van der Waals surface area contributed by atoms with E-state index in [4.69, 9.17) is 37.0 Å². The van der Waals surface area contributed by atoms with Crippen LogP contribution in [-0.2, 0) is 65.4 Å². The number of aliphatic hydroxyl groups is 1. The summed E-state index contributed by atoms with van der Waals surface area (Å²) in [6.07, 6.45) is 44.3. The van der Waals surface area contributed by atoms with Crippen LogP contribution in [0, 0.1) is 11.8 Å². The molecule has 0 aromatic heterocycles. The minimum absolute atomic E-state index is 0.106. The Morgan fingerprint density at radius 2 is 0.586 bits per heavy atom. The lowest BCUT2D eigenvalue weighted by Crippen LogP contribution is -2.30. The molecule has 0 radical (unpaired) electrons. The molecule has 0 aromatic rings. The van der Waals surface area contributed by atoms with Crippen molar-refractivity contribution < 1.29 is 80.2 Å². The lowest BCUT2D eigenvalue weighted by Gasteiger charge is -2.21. The van der Waals surface area contributed by atoms with E-state index >= 15 is 0 Å². The number of carbonyl (C=O) groups is 4. The molecule has 0 rings (SSSR count). The Hall–Kier alpha value is -1.94. The van der Waals surface area contributed by atoms with Gasteiger partial charge in [0.2, 0.25) is 0 Å². The highest BCUT2D eigenvalue weighted by molar-refractivity contribution is 7.47. The summed E-state index contributed by atoms with van der Waals surface area (Å²) in [5.74, 6) is -0.573. The van der Waals surface area contributed by atoms with Crippen molar-refractivity contribution >= 4 is 39.5 Å². The maximum atomic E-state index is 13.0. The largest absolute Gasteiger partial charge is 0.472 e. The van der Waals surface area contributed by atoms with Crippen LogP contribution in [0.3, 0.4) is 0 Å². The van der Waals surface area contributed by atoms with Crippen molar-refractivity contribution in [1.29, 1.82) is 0 Å². The summed E-state index contributed by atoms with van der Waals surface area (Å²) in [4.78, 5) is 72.4. The van der Waals surface area contributed by atoms with Crippen LogP contribution in [0.2, 0.25) is 0 Å². The molecular formula is C68H132O17P2. The molecule has 0 aliphatic rings. The van der Waals surface area contributed by atoms with Crippen LogP contribution in [0.25, 0.3) is 0 Å². The normalized spacial score (nSPS) is 14.5. The monoisotopic (exact) mass is 1280 g/mol. The van der Waals surface area contributed by atoms with E-state index in [9.17, 15) is 43.2 Å². The van der Waals surface area contributed by atoms with Crippen molar-refractivity contribution in [3.63, 3.8) is 0 Å². The number of phosphoric acid groups is 2. The number of carbonyl (C=O) groups excluding carboxylic acids is 4. The van der Waals surface area contributed by atoms with E-state index in [-0.39, 0.29) is 25.7 Å². The van der Waals surface area contributed by atoms with Crippen LogP contribution in [0.1, 0.15) is 343 Å². The van der Waals surface area contributed by atoms with Gasteiger partial charge in [-0.25, -0.2) is 9.13 Å². The number of unbranched alkanes of at least 4 members (excludes halogenated alkanes) is 36. The number of phosphoric ester groups is 2. The van der Waals surface area contributed by atoms with Crippen LogP contribution >= 0.6 is 15.6 Å². The molecule has 516 valence electrons. The van der Waals surface area contributed by atoms with Crippen molar-refractivity contribution in [2.24, 2.45) is 11.8 Å². The molecule has 0 heterocycles. The molecule has 3 unspecified atom stereocenters. The van der Waals surface area contributed by atoms with Crippen molar-refractivity contribution in [1.82, 2.24) is 0 Å². The van der Waals surface area contributed by atoms with Gasteiger partial charge in [-0.1, -0.05) is 292 Å². The molecular weight excluding hydrogens is 1150 g/mol. The Balaban J connectivity index is 5.24. The molecule has 17 nitrogen and oxygen atoms in total. The van der Waals surface area contributed by atoms with E-state index in [0.29, 0.717) is 25.7 Å². The van der Waals surface area contributed by atoms with Crippen LogP contribution in [0.4, 0.5) is 0 Å². The van der Waals surface area contributed by atoms with E-state index in [0.717, 1.165) is 102 Å². The molecule has 0 spiro atoms. The maximum Gasteiger partial charge on any atom is 0.472 e. The van der Waals surface area contributed by atoms with E-state index in [2.05, 4.69) is 41.5 Å². The number of hydrogen-bond donors (Lipinski definition) is 3. The second-order valence-electron chi connectivity index (χ2n) is 25.3. The smallest absolute Gasteiger partial charge is 0.462 e. The first-order valence-corrected chi connectivity index (χ1v) is 38.5. The van der Waals surface area contributed by atoms with Gasteiger partial charge in [0.1, 0.15) is 19.3 Å². The first-order valence-electron chi connectivity index (χ1n) is 35.5. The predicted molar refractivity (Wildman–Crippen MR) is 349 cm³/mol. The zero-order valence-electron chi connectivity index (χ0n) is 56.3. The number of rotatable bonds is 67. The van der Waals surface area contributed by atoms with Crippen LogP contribution < -0.4 is 0 Å². The third kappa shape index (κ3) is 61.3. The molecule has 6 atom stereocenters. The van der Waals surface area contributed by atoms with Crippen molar-refractivity contribution in [3.8, 4) is 0 Å². The van der Waals surface area contributed by atoms with Gasteiger partial charge in [0.05, 0.1) is 26.4 Å². The number of ether oxygens (including phenoxy) is 4. The Morgan fingerprint density at radius 1 is 0.333 bits per heavy atom. The van der Waals surface area contributed by atoms with E-state index in [1.165, 1.54) is 161 Å². The van der Waals surface area contributed by atoms with Crippen LogP contribution in [0.15, 0.2) is 0 Å². The Kier molecular flexibility index (Phi) is 59.0. The highest BCUT2D eigenvalue weighted by Crippen LogP contribution is 2.45. The summed E-state index contributed by atoms with van der Waals surface area (Å²) >= 11 is 0. The van der Waals surface area contributed by atoms with E-state index in [1.807, 2.05) is 0 Å². The van der Waals surface area contributed by atoms with E-state index in [1.54, 1.807) is 0 Å². The Bertz CT molecular complexity index is 1700. The summed E-state index contributed by atoms with van der Waals surface area (Å²) in [6, 6.07) is 0. The molecule has 0 aliphatic heterocycles. The molecule has 0 fully saturated rings. The quantitative estimate of drug-likeness (QED) is 0.0222. The Labute approximate surface area is 530 Å². The molecule has 0 aromatic carbocycles. The van der Waals surface area contributed by atoms with Gasteiger partial charge in [0.25, 0.3) is 0 Å². The van der Waals surface area contributed by atoms with Gasteiger partial charge in [-0.15, -0.1) is 0 Å². The number of esters is 4. The summed E-state index contributed by atoms with van der Waals surface area (Å²) in [7, 11) is -9.89. The summed E-state index contributed by atoms with van der Waals surface area (Å²) in [6.45, 7) is 9.53. The van der Waals surface area contributed by atoms with Crippen molar-refractivity contribution in [3.05, 3.63) is 0 Å². The number of aliphatic hydroxyl groups excluding tert-OH is 1. The molecule has 3 N–H and O–H groups in total. The lowest BCUT2D eigenvalue weighted by molar-refractivity contribution is -0.161. The fraction of sp³-hybridized carbons (Fsp3) is 0.941. The SMILES string of the molecule is CCCCCCCCCCCCC(=O)OC[C@H](COP(=O)(O)OC[C@H](O)COP(=O)(O)OC[C@@H](COC(=O)CCCCCCCCCCC(C)CC)OC(=O)CCCCCCCCCCCCCCC(C)C)OC(=O)CCCCCCCCCCCC. The maximum absolute atomic E-state index is 13.0. The van der Waals surface area contributed by atoms with E-state index < -0.39 is 97.5 Å². The Morgan fingerprint density at radius 3 is 0.874 bits per heavy atom. The fourth-order valence-electron chi connectivity index (χ4n) is 10.2. The number of hydrogen-bond acceptors (Lipinski definition) is 15. The molecule has 0 bridgehead atoms.